The van der Waals surface area contributed by atoms with Crippen molar-refractivity contribution in [1.29, 1.82) is 0 Å². The van der Waals surface area contributed by atoms with E-state index in [9.17, 15) is 14.4 Å². The molecule has 1 saturated heterocycles. The molecule has 258 valence electrons. The van der Waals surface area contributed by atoms with E-state index in [2.05, 4.69) is 39.5 Å². The summed E-state index contributed by atoms with van der Waals surface area (Å²) in [7, 11) is 2.04. The van der Waals surface area contributed by atoms with Crippen LogP contribution in [0, 0.1) is 5.41 Å². The molecule has 0 N–H and O–H groups in total. The number of likely N-dealkylation sites (tertiary alicyclic amines) is 1. The minimum absolute atomic E-state index is 0.0283. The van der Waals surface area contributed by atoms with Crippen LogP contribution in [-0.2, 0) is 38.1 Å². The smallest absolute Gasteiger partial charge is 0.242 e. The van der Waals surface area contributed by atoms with Crippen LogP contribution in [0.15, 0.2) is 0 Å². The SMILES string of the molecule is CN(CCOC(C)(C)C)CC(C)(C)SC1CC(=O)N(CCC(=O)CCCOCCOCCOCCOCCC(C)(C)C)C1=O. The number of hydrogen-bond acceptors (Lipinski definition) is 10. The molecule has 1 fully saturated rings. The van der Waals surface area contributed by atoms with Gasteiger partial charge in [-0.15, -0.1) is 11.8 Å². The molecule has 0 bridgehead atoms. The van der Waals surface area contributed by atoms with Gasteiger partial charge in [-0.25, -0.2) is 0 Å². The third kappa shape index (κ3) is 20.9. The van der Waals surface area contributed by atoms with Crippen molar-refractivity contribution in [3.05, 3.63) is 0 Å². The highest BCUT2D eigenvalue weighted by atomic mass is 32.2. The van der Waals surface area contributed by atoms with Gasteiger partial charge < -0.3 is 28.6 Å². The molecule has 0 aromatic carbocycles. The van der Waals surface area contributed by atoms with Gasteiger partial charge in [0.15, 0.2) is 0 Å². The van der Waals surface area contributed by atoms with Crippen LogP contribution in [0.1, 0.15) is 87.5 Å². The molecule has 1 heterocycles. The quantitative estimate of drug-likeness (QED) is 0.103. The molecule has 0 spiro atoms. The van der Waals surface area contributed by atoms with Crippen molar-refractivity contribution in [2.75, 3.05) is 86.1 Å². The summed E-state index contributed by atoms with van der Waals surface area (Å²) >= 11 is 1.54. The highest BCUT2D eigenvalue weighted by Gasteiger charge is 2.41. The molecular formula is C33H62N2O8S. The Hall–Kier alpha value is -1.08. The monoisotopic (exact) mass is 646 g/mol. The molecule has 1 aliphatic heterocycles. The lowest BCUT2D eigenvalue weighted by Crippen LogP contribution is -2.39. The number of ether oxygens (including phenoxy) is 5. The van der Waals surface area contributed by atoms with Crippen molar-refractivity contribution in [2.24, 2.45) is 5.41 Å². The third-order valence-corrected chi connectivity index (χ3v) is 8.21. The van der Waals surface area contributed by atoms with Gasteiger partial charge >= 0.3 is 0 Å². The summed E-state index contributed by atoms with van der Waals surface area (Å²) in [5.41, 5.74) is 0.111. The van der Waals surface area contributed by atoms with Gasteiger partial charge in [0.25, 0.3) is 0 Å². The molecule has 0 saturated carbocycles. The number of rotatable bonds is 25. The summed E-state index contributed by atoms with van der Waals surface area (Å²) in [6, 6.07) is 0. The van der Waals surface area contributed by atoms with Crippen molar-refractivity contribution < 1.29 is 38.1 Å². The summed E-state index contributed by atoms with van der Waals surface area (Å²) in [5, 5.41) is -0.411. The predicted octanol–water partition coefficient (Wildman–Crippen LogP) is 4.61. The third-order valence-electron chi connectivity index (χ3n) is 6.79. The lowest BCUT2D eigenvalue weighted by Gasteiger charge is -2.32. The lowest BCUT2D eigenvalue weighted by atomic mass is 9.93. The van der Waals surface area contributed by atoms with E-state index in [-0.39, 0.29) is 52.7 Å². The van der Waals surface area contributed by atoms with Crippen LogP contribution in [0.2, 0.25) is 0 Å². The second-order valence-electron chi connectivity index (χ2n) is 14.3. The lowest BCUT2D eigenvalue weighted by molar-refractivity contribution is -0.138. The van der Waals surface area contributed by atoms with E-state index in [1.165, 1.54) is 4.90 Å². The first-order chi connectivity index (χ1) is 20.5. The number of likely N-dealkylation sites (N-methyl/N-ethyl adjacent to an activating group) is 1. The van der Waals surface area contributed by atoms with Gasteiger partial charge in [-0.2, -0.15) is 0 Å². The maximum Gasteiger partial charge on any atom is 0.242 e. The van der Waals surface area contributed by atoms with Crippen LogP contribution >= 0.6 is 11.8 Å². The molecule has 0 aromatic heterocycles. The maximum absolute atomic E-state index is 13.0. The molecule has 2 amide bonds. The normalized spacial score (nSPS) is 16.5. The highest BCUT2D eigenvalue weighted by molar-refractivity contribution is 8.02. The number of ketones is 1. The Balaban J connectivity index is 2.11. The van der Waals surface area contributed by atoms with E-state index < -0.39 is 5.25 Å². The summed E-state index contributed by atoms with van der Waals surface area (Å²) in [5.74, 6) is -0.348. The minimum atomic E-state index is -0.411. The number of carbonyl (C=O) groups excluding carboxylic acids is 3. The van der Waals surface area contributed by atoms with Gasteiger partial charge in [0.1, 0.15) is 5.78 Å². The van der Waals surface area contributed by atoms with Crippen LogP contribution in [-0.4, -0.2) is 129 Å². The maximum atomic E-state index is 13.0. The zero-order valence-corrected chi connectivity index (χ0v) is 30.0. The van der Waals surface area contributed by atoms with Crippen molar-refractivity contribution in [3.8, 4) is 0 Å². The fraction of sp³-hybridized carbons (Fsp3) is 0.909. The van der Waals surface area contributed by atoms with Gasteiger partial charge in [0.05, 0.1) is 57.1 Å². The molecule has 10 nitrogen and oxygen atoms in total. The van der Waals surface area contributed by atoms with Gasteiger partial charge in [-0.05, 0) is 59.9 Å². The van der Waals surface area contributed by atoms with Crippen molar-refractivity contribution >= 4 is 29.4 Å². The van der Waals surface area contributed by atoms with E-state index in [0.717, 1.165) is 26.1 Å². The van der Waals surface area contributed by atoms with Crippen LogP contribution in [0.25, 0.3) is 0 Å². The number of nitrogens with zero attached hydrogens (tertiary/aromatic N) is 2. The van der Waals surface area contributed by atoms with E-state index in [0.29, 0.717) is 65.7 Å². The first-order valence-electron chi connectivity index (χ1n) is 16.2. The van der Waals surface area contributed by atoms with Crippen molar-refractivity contribution in [1.82, 2.24) is 9.80 Å². The first kappa shape index (κ1) is 40.9. The fourth-order valence-electron chi connectivity index (χ4n) is 4.51. The van der Waals surface area contributed by atoms with E-state index in [1.807, 2.05) is 27.8 Å². The zero-order valence-electron chi connectivity index (χ0n) is 29.2. The number of carbonyl (C=O) groups is 3. The van der Waals surface area contributed by atoms with Crippen molar-refractivity contribution in [3.63, 3.8) is 0 Å². The Morgan fingerprint density at radius 2 is 1.36 bits per heavy atom. The summed E-state index contributed by atoms with van der Waals surface area (Å²) in [6.45, 7) is 23.5. The molecule has 1 atom stereocenters. The van der Waals surface area contributed by atoms with Gasteiger partial charge in [-0.3, -0.25) is 19.3 Å². The molecule has 0 aliphatic carbocycles. The highest BCUT2D eigenvalue weighted by Crippen LogP contribution is 2.35. The second kappa shape index (κ2) is 20.9. The molecule has 0 aromatic rings. The van der Waals surface area contributed by atoms with Gasteiger partial charge in [0, 0.05) is 56.9 Å². The number of hydrogen-bond donors (Lipinski definition) is 0. The van der Waals surface area contributed by atoms with Crippen molar-refractivity contribution in [2.45, 2.75) is 103 Å². The van der Waals surface area contributed by atoms with E-state index in [4.69, 9.17) is 23.7 Å². The zero-order chi connectivity index (χ0) is 33.2. The van der Waals surface area contributed by atoms with Crippen LogP contribution in [0.3, 0.4) is 0 Å². The topological polar surface area (TPSA) is 104 Å². The van der Waals surface area contributed by atoms with E-state index >= 15 is 0 Å². The molecule has 1 unspecified atom stereocenters. The summed E-state index contributed by atoms with van der Waals surface area (Å²) in [6.07, 6.45) is 2.35. The molecule has 44 heavy (non-hydrogen) atoms. The molecular weight excluding hydrogens is 584 g/mol. The number of amides is 2. The Morgan fingerprint density at radius 3 is 1.91 bits per heavy atom. The molecule has 1 aliphatic rings. The number of Topliss-reactive ketones (excluding diaryl/α,β-unsaturated/α-hetero) is 1. The fourth-order valence-corrected chi connectivity index (χ4v) is 6.03. The van der Waals surface area contributed by atoms with Crippen LogP contribution in [0.4, 0.5) is 0 Å². The molecule has 11 heteroatoms. The Labute approximate surface area is 271 Å². The van der Waals surface area contributed by atoms with Gasteiger partial charge in [-0.1, -0.05) is 20.8 Å². The molecule has 1 rings (SSSR count). The summed E-state index contributed by atoms with van der Waals surface area (Å²) < 4.78 is 27.7. The van der Waals surface area contributed by atoms with Gasteiger partial charge in [0.2, 0.25) is 11.8 Å². The Bertz CT molecular complexity index is 841. The van der Waals surface area contributed by atoms with Crippen LogP contribution < -0.4 is 0 Å². The largest absolute Gasteiger partial charge is 0.379 e. The van der Waals surface area contributed by atoms with E-state index in [1.54, 1.807) is 11.8 Å². The molecule has 0 radical (unpaired) electrons. The second-order valence-corrected chi connectivity index (χ2v) is 16.2. The average molecular weight is 647 g/mol. The Morgan fingerprint density at radius 1 is 0.818 bits per heavy atom. The predicted molar refractivity (Wildman–Crippen MR) is 176 cm³/mol. The summed E-state index contributed by atoms with van der Waals surface area (Å²) in [4.78, 5) is 41.4. The first-order valence-corrected chi connectivity index (χ1v) is 17.0. The number of imide groups is 1. The number of thioether (sulfide) groups is 1. The Kier molecular flexibility index (Phi) is 19.5. The standard InChI is InChI=1S/C33H62N2O8S/c1-31(2,3)13-17-40-20-22-42-24-23-41-21-19-39-16-10-11-27(36)12-14-35-29(37)25-28(30(35)38)44-33(7,8)26-34(9)15-18-43-32(4,5)6/h28H,10-26H2,1-9H3. The average Bonchev–Trinajstić information content (AvgIpc) is 3.14. The minimum Gasteiger partial charge on any atom is -0.379 e. The van der Waals surface area contributed by atoms with Crippen LogP contribution in [0.5, 0.6) is 0 Å².